The number of pyridine rings is 2. The molecule has 5 rings (SSSR count). The van der Waals surface area contributed by atoms with Crippen LogP contribution in [0.2, 0.25) is 0 Å². The van der Waals surface area contributed by atoms with E-state index in [1.54, 1.807) is 36.5 Å². The second-order valence-corrected chi connectivity index (χ2v) is 11.6. The molecule has 2 aromatic heterocycles. The minimum atomic E-state index is -3.81. The number of sulfonamides is 1. The molecule has 204 valence electrons. The molecule has 2 fully saturated rings. The van der Waals surface area contributed by atoms with Crippen LogP contribution in [-0.2, 0) is 25.4 Å². The van der Waals surface area contributed by atoms with Crippen LogP contribution in [0.5, 0.6) is 5.88 Å². The van der Waals surface area contributed by atoms with E-state index in [0.717, 1.165) is 5.39 Å². The summed E-state index contributed by atoms with van der Waals surface area (Å²) >= 11 is 0. The summed E-state index contributed by atoms with van der Waals surface area (Å²) in [6, 6.07) is 11.6. The van der Waals surface area contributed by atoms with Gasteiger partial charge in [0.25, 0.3) is 0 Å². The third-order valence-corrected chi connectivity index (χ3v) is 8.84. The van der Waals surface area contributed by atoms with Crippen LogP contribution in [0.4, 0.5) is 4.79 Å². The van der Waals surface area contributed by atoms with E-state index < -0.39 is 40.1 Å². The summed E-state index contributed by atoms with van der Waals surface area (Å²) in [5.41, 5.74) is 1.18. The van der Waals surface area contributed by atoms with Crippen LogP contribution < -0.4 is 10.1 Å². The Kier molecular flexibility index (Phi) is 7.58. The normalized spacial score (nSPS) is 20.1. The molecule has 3 aromatic rings. The molecule has 39 heavy (non-hydrogen) atoms. The molecule has 2 aliphatic rings. The fraction of sp³-hybridized carbons (Fsp3) is 0.370. The number of rotatable bonds is 8. The standard InChI is InChI=1S/C27H29N5O6S/c1-2-6-21(30-27(35)38-24-11-10-19-8-3-4-9-20(19)29-24)26(34)31-14-12-22-25(31)23(33)16-32(22)39(36,37)17-18-7-5-13-28-15-18/h3-5,7-11,13,15,21-22,25H,2,6,12,14,16-17H2,1H3,(H,30,35). The van der Waals surface area contributed by atoms with Gasteiger partial charge in [-0.1, -0.05) is 37.6 Å². The molecule has 2 amide bonds. The first-order chi connectivity index (χ1) is 18.8. The number of Topliss-reactive ketones (excluding diaryl/α,β-unsaturated/α-hetero) is 1. The number of para-hydroxylation sites is 1. The molecule has 2 aliphatic heterocycles. The molecule has 1 aromatic carbocycles. The van der Waals surface area contributed by atoms with Crippen molar-refractivity contribution in [1.29, 1.82) is 0 Å². The van der Waals surface area contributed by atoms with Crippen molar-refractivity contribution in [3.05, 3.63) is 66.5 Å². The van der Waals surface area contributed by atoms with Gasteiger partial charge in [0.15, 0.2) is 5.78 Å². The highest BCUT2D eigenvalue weighted by Crippen LogP contribution is 2.33. The van der Waals surface area contributed by atoms with Crippen LogP contribution in [0.25, 0.3) is 10.9 Å². The maximum atomic E-state index is 13.5. The first kappa shape index (κ1) is 26.7. The van der Waals surface area contributed by atoms with Crippen molar-refractivity contribution in [2.75, 3.05) is 13.1 Å². The molecule has 12 heteroatoms. The Morgan fingerprint density at radius 2 is 1.97 bits per heavy atom. The number of ketones is 1. The molecule has 0 aliphatic carbocycles. The van der Waals surface area contributed by atoms with Crippen LogP contribution in [0.15, 0.2) is 60.9 Å². The molecule has 3 unspecified atom stereocenters. The van der Waals surface area contributed by atoms with E-state index in [4.69, 9.17) is 4.74 Å². The van der Waals surface area contributed by atoms with Crippen LogP contribution in [0, 0.1) is 0 Å². The first-order valence-electron chi connectivity index (χ1n) is 12.8. The van der Waals surface area contributed by atoms with E-state index in [2.05, 4.69) is 15.3 Å². The number of nitrogens with zero attached hydrogens (tertiary/aromatic N) is 4. The van der Waals surface area contributed by atoms with Gasteiger partial charge < -0.3 is 15.0 Å². The average Bonchev–Trinajstić information content (AvgIpc) is 3.50. The van der Waals surface area contributed by atoms with E-state index in [0.29, 0.717) is 30.3 Å². The number of likely N-dealkylation sites (tertiary alicyclic amines) is 1. The molecule has 3 atom stereocenters. The molecule has 2 saturated heterocycles. The Labute approximate surface area is 226 Å². The Morgan fingerprint density at radius 3 is 2.74 bits per heavy atom. The van der Waals surface area contributed by atoms with Crippen LogP contribution in [-0.4, -0.2) is 76.6 Å². The predicted molar refractivity (Wildman–Crippen MR) is 142 cm³/mol. The SMILES string of the molecule is CCCC(NC(=O)Oc1ccc2ccccc2n1)C(=O)N1CCC2C1C(=O)CN2S(=O)(=O)Cc1cccnc1. The lowest BCUT2D eigenvalue weighted by atomic mass is 10.1. The number of ether oxygens (including phenoxy) is 1. The first-order valence-corrected chi connectivity index (χ1v) is 14.4. The summed E-state index contributed by atoms with van der Waals surface area (Å²) in [5, 5.41) is 3.51. The van der Waals surface area contributed by atoms with Gasteiger partial charge in [-0.2, -0.15) is 4.31 Å². The summed E-state index contributed by atoms with van der Waals surface area (Å²) in [6.07, 6.45) is 3.44. The largest absolute Gasteiger partial charge is 0.414 e. The monoisotopic (exact) mass is 551 g/mol. The third kappa shape index (κ3) is 5.62. The van der Waals surface area contributed by atoms with Crippen molar-refractivity contribution in [3.8, 4) is 5.88 Å². The minimum Gasteiger partial charge on any atom is -0.391 e. The minimum absolute atomic E-state index is 0.0931. The van der Waals surface area contributed by atoms with Crippen molar-refractivity contribution in [2.45, 2.75) is 50.1 Å². The summed E-state index contributed by atoms with van der Waals surface area (Å²) < 4.78 is 32.9. The van der Waals surface area contributed by atoms with E-state index in [1.807, 2.05) is 25.1 Å². The summed E-state index contributed by atoms with van der Waals surface area (Å²) in [6.45, 7) is 1.80. The molecule has 4 heterocycles. The fourth-order valence-corrected chi connectivity index (χ4v) is 6.99. The Balaban J connectivity index is 1.27. The highest BCUT2D eigenvalue weighted by molar-refractivity contribution is 7.88. The number of carbonyl (C=O) groups is 3. The fourth-order valence-electron chi connectivity index (χ4n) is 5.28. The van der Waals surface area contributed by atoms with Crippen LogP contribution >= 0.6 is 0 Å². The van der Waals surface area contributed by atoms with Gasteiger partial charge in [-0.15, -0.1) is 0 Å². The maximum absolute atomic E-state index is 13.5. The van der Waals surface area contributed by atoms with E-state index >= 15 is 0 Å². The number of nitrogens with one attached hydrogen (secondary N) is 1. The van der Waals surface area contributed by atoms with Crippen molar-refractivity contribution in [3.63, 3.8) is 0 Å². The molecule has 11 nitrogen and oxygen atoms in total. The van der Waals surface area contributed by atoms with Gasteiger partial charge in [0.2, 0.25) is 21.8 Å². The van der Waals surface area contributed by atoms with E-state index in [9.17, 15) is 22.8 Å². The summed E-state index contributed by atoms with van der Waals surface area (Å²) in [4.78, 5) is 48.9. The quantitative estimate of drug-likeness (QED) is 0.450. The maximum Gasteiger partial charge on any atom is 0.414 e. The highest BCUT2D eigenvalue weighted by Gasteiger charge is 2.54. The predicted octanol–water partition coefficient (Wildman–Crippen LogP) is 2.27. The Morgan fingerprint density at radius 1 is 1.15 bits per heavy atom. The molecular formula is C27H29N5O6S. The highest BCUT2D eigenvalue weighted by atomic mass is 32.2. The van der Waals surface area contributed by atoms with Crippen molar-refractivity contribution < 1.29 is 27.5 Å². The van der Waals surface area contributed by atoms with Gasteiger partial charge >= 0.3 is 6.09 Å². The lowest BCUT2D eigenvalue weighted by molar-refractivity contribution is -0.138. The molecule has 0 bridgehead atoms. The molecule has 0 spiro atoms. The van der Waals surface area contributed by atoms with Gasteiger partial charge in [-0.25, -0.2) is 18.2 Å². The smallest absolute Gasteiger partial charge is 0.391 e. The van der Waals surface area contributed by atoms with Crippen LogP contribution in [0.1, 0.15) is 31.7 Å². The zero-order chi connectivity index (χ0) is 27.6. The lowest BCUT2D eigenvalue weighted by Gasteiger charge is -2.28. The molecular weight excluding hydrogens is 522 g/mol. The van der Waals surface area contributed by atoms with Crippen molar-refractivity contribution >= 4 is 38.7 Å². The Hall–Kier alpha value is -3.90. The summed E-state index contributed by atoms with van der Waals surface area (Å²) in [5.74, 6) is -0.957. The average molecular weight is 552 g/mol. The van der Waals surface area contributed by atoms with Gasteiger partial charge in [0, 0.05) is 30.4 Å². The van der Waals surface area contributed by atoms with Crippen molar-refractivity contribution in [2.24, 2.45) is 0 Å². The topological polar surface area (TPSA) is 139 Å². The van der Waals surface area contributed by atoms with Gasteiger partial charge in [-0.05, 0) is 36.6 Å². The number of benzene rings is 1. The Bertz CT molecular complexity index is 1500. The lowest BCUT2D eigenvalue weighted by Crippen LogP contribution is -2.53. The van der Waals surface area contributed by atoms with Gasteiger partial charge in [-0.3, -0.25) is 14.6 Å². The second kappa shape index (κ2) is 11.1. The van der Waals surface area contributed by atoms with E-state index in [-0.39, 0.29) is 30.5 Å². The van der Waals surface area contributed by atoms with Crippen molar-refractivity contribution in [1.82, 2.24) is 24.5 Å². The third-order valence-electron chi connectivity index (χ3n) is 7.03. The second-order valence-electron chi connectivity index (χ2n) is 9.68. The number of hydrogen-bond donors (Lipinski definition) is 1. The van der Waals surface area contributed by atoms with Gasteiger partial charge in [0.05, 0.1) is 23.9 Å². The number of fused-ring (bicyclic) bond motifs is 2. The zero-order valence-electron chi connectivity index (χ0n) is 21.4. The molecule has 0 radical (unpaired) electrons. The van der Waals surface area contributed by atoms with Crippen LogP contribution in [0.3, 0.4) is 0 Å². The van der Waals surface area contributed by atoms with Gasteiger partial charge in [0.1, 0.15) is 12.1 Å². The summed E-state index contributed by atoms with van der Waals surface area (Å²) in [7, 11) is -3.81. The zero-order valence-corrected chi connectivity index (χ0v) is 22.2. The number of carbonyl (C=O) groups excluding carboxylic acids is 3. The molecule has 0 saturated carbocycles. The number of amides is 2. The number of hydrogen-bond acceptors (Lipinski definition) is 8. The molecule has 1 N–H and O–H groups in total. The number of aromatic nitrogens is 2. The van der Waals surface area contributed by atoms with E-state index in [1.165, 1.54) is 15.4 Å².